The van der Waals surface area contributed by atoms with E-state index in [4.69, 9.17) is 24.9 Å². The van der Waals surface area contributed by atoms with Crippen LogP contribution < -0.4 is 21.8 Å². The molecule has 3 amide bonds. The average Bonchev–Trinajstić information content (AvgIpc) is 3.72. The highest BCUT2D eigenvalue weighted by Crippen LogP contribution is 2.32. The molecule has 0 aromatic carbocycles. The third-order valence-corrected chi connectivity index (χ3v) is 10.3. The number of alkyl carbamates (subject to hydrolysis) is 1. The summed E-state index contributed by atoms with van der Waals surface area (Å²) in [4.78, 5) is 66.1. The molecule has 1 aromatic rings. The Kier molecular flexibility index (Phi) is 35.3. The lowest BCUT2D eigenvalue weighted by atomic mass is 9.93. The van der Waals surface area contributed by atoms with Crippen LogP contribution in [0, 0.1) is 21.7 Å². The molecule has 0 saturated carbocycles. The highest BCUT2D eigenvalue weighted by atomic mass is 32.1. The topological polar surface area (TPSA) is 227 Å². The van der Waals surface area contributed by atoms with Gasteiger partial charge in [0.1, 0.15) is 11.7 Å². The number of carboxylic acid groups (broad SMARTS) is 1. The average molecular weight is 889 g/mol. The molecule has 1 aromatic heterocycles. The summed E-state index contributed by atoms with van der Waals surface area (Å²) in [7, 11) is 3.64. The number of unbranched alkanes of at least 4 members (excludes halogenated alkanes) is 4. The van der Waals surface area contributed by atoms with E-state index in [1.165, 1.54) is 44.8 Å². The fourth-order valence-corrected chi connectivity index (χ4v) is 6.85. The van der Waals surface area contributed by atoms with Crippen LogP contribution in [-0.2, 0) is 23.8 Å². The zero-order valence-electron chi connectivity index (χ0n) is 39.5. The van der Waals surface area contributed by atoms with E-state index in [0.29, 0.717) is 50.6 Å². The Labute approximate surface area is 371 Å². The normalized spacial score (nSPS) is 13.7. The van der Waals surface area contributed by atoms with Gasteiger partial charge < -0.3 is 45.5 Å². The van der Waals surface area contributed by atoms with Crippen LogP contribution in [0.2, 0.25) is 0 Å². The van der Waals surface area contributed by atoms with Crippen molar-refractivity contribution in [1.29, 1.82) is 0 Å². The minimum atomic E-state index is -1.16. The third kappa shape index (κ3) is 31.1. The molecule has 2 heterocycles. The Morgan fingerprint density at radius 1 is 1.00 bits per heavy atom. The van der Waals surface area contributed by atoms with Gasteiger partial charge in [0.15, 0.2) is 11.8 Å². The van der Waals surface area contributed by atoms with Gasteiger partial charge >= 0.3 is 12.1 Å². The Balaban J connectivity index is 0. The molecule has 2 rings (SSSR count). The Morgan fingerprint density at radius 2 is 1.59 bits per heavy atom. The summed E-state index contributed by atoms with van der Waals surface area (Å²) in [5.41, 5.74) is 6.03. The lowest BCUT2D eigenvalue weighted by Crippen LogP contribution is -2.45. The zero-order chi connectivity index (χ0) is 46.7. The maximum atomic E-state index is 13.5. The molecule has 17 nitrogen and oxygen atoms in total. The highest BCUT2D eigenvalue weighted by molar-refractivity contribution is 7.09. The van der Waals surface area contributed by atoms with Crippen molar-refractivity contribution in [1.82, 2.24) is 30.8 Å². The number of piperidine rings is 1. The van der Waals surface area contributed by atoms with Crippen LogP contribution in [-0.4, -0.2) is 124 Å². The quantitative estimate of drug-likeness (QED) is 0.0191. The molecule has 356 valence electrons. The van der Waals surface area contributed by atoms with Crippen LogP contribution in [0.1, 0.15) is 155 Å². The molecule has 61 heavy (non-hydrogen) atoms. The van der Waals surface area contributed by atoms with Crippen molar-refractivity contribution in [2.45, 2.75) is 145 Å². The molecule has 1 saturated heterocycles. The van der Waals surface area contributed by atoms with Gasteiger partial charge in [-0.05, 0) is 58.3 Å². The van der Waals surface area contributed by atoms with Gasteiger partial charge in [0.2, 0.25) is 12.3 Å². The van der Waals surface area contributed by atoms with Crippen LogP contribution in [0.15, 0.2) is 10.7 Å². The number of carbonyl (C=O) groups excluding carboxylic acids is 3. The number of rotatable bonds is 27. The number of likely N-dealkylation sites (tertiary alicyclic amines) is 1. The van der Waals surface area contributed by atoms with Crippen molar-refractivity contribution in [3.05, 3.63) is 21.0 Å². The van der Waals surface area contributed by atoms with Crippen LogP contribution in [0.4, 0.5) is 4.79 Å². The second-order valence-corrected chi connectivity index (χ2v) is 18.0. The number of carbonyl (C=O) groups is 4. The van der Waals surface area contributed by atoms with E-state index < -0.39 is 23.6 Å². The van der Waals surface area contributed by atoms with Crippen LogP contribution in [0.5, 0.6) is 0 Å². The van der Waals surface area contributed by atoms with Gasteiger partial charge in [0.05, 0.1) is 19.8 Å². The van der Waals surface area contributed by atoms with Crippen molar-refractivity contribution >= 4 is 35.7 Å². The number of thiazole rings is 1. The second-order valence-electron chi connectivity index (χ2n) is 17.1. The van der Waals surface area contributed by atoms with Crippen molar-refractivity contribution in [3.8, 4) is 0 Å². The molecule has 1 aliphatic heterocycles. The fraction of sp³-hybridized carbons (Fsp3) is 0.837. The van der Waals surface area contributed by atoms with Gasteiger partial charge in [-0.15, -0.1) is 16.2 Å². The van der Waals surface area contributed by atoms with Gasteiger partial charge in [0, 0.05) is 60.5 Å². The van der Waals surface area contributed by atoms with E-state index >= 15 is 0 Å². The summed E-state index contributed by atoms with van der Waals surface area (Å²) in [6.45, 7) is 23.7. The lowest BCUT2D eigenvalue weighted by Gasteiger charge is -2.36. The third-order valence-electron chi connectivity index (χ3n) is 9.34. The van der Waals surface area contributed by atoms with Crippen molar-refractivity contribution in [2.24, 2.45) is 27.8 Å². The van der Waals surface area contributed by atoms with E-state index in [1.807, 2.05) is 44.9 Å². The Hall–Kier alpha value is -3.45. The SMILES string of the molecule is CCCCCCN(C(=O)CCCC)C(CC(OC(=O)NCC(C)(C)COCC(C)(C)COCNC=O)c1nc(C(=O)O)cs1)C(C)C.CCN.CN1CCCCC1.CNN=O. The monoisotopic (exact) mass is 889 g/mol. The number of hydrogen-bond acceptors (Lipinski definition) is 13. The maximum absolute atomic E-state index is 13.5. The minimum absolute atomic E-state index is 0.0619. The molecule has 1 aliphatic rings. The van der Waals surface area contributed by atoms with Crippen molar-refractivity contribution in [3.63, 3.8) is 0 Å². The maximum Gasteiger partial charge on any atom is 0.407 e. The summed E-state index contributed by atoms with van der Waals surface area (Å²) in [6, 6.07) is -0.234. The standard InChI is InChI=1S/C34H60N4O8S.C6H13N.C2H7N.CH4N2O/c1-9-11-13-14-16-38(29(40)15-12-10-2)27(25(3)4)17-28(30-37-26(18-47-30)31(41)42)46-32(43)36-19-33(5,6)20-44-21-34(7,8)22-45-24-35-23-39;1-7-5-3-2-4-6-7;1-2-3;1-2-3-4/h18,23,25,27-28H,9-17,19-22,24H2,1-8H3,(H,35,39)(H,36,43)(H,41,42);2-6H2,1H3;2-3H2,1H3;1H3,(H,2,4). The van der Waals surface area contributed by atoms with Crippen LogP contribution >= 0.6 is 11.3 Å². The summed E-state index contributed by atoms with van der Waals surface area (Å²) in [5.74, 6) is -1.01. The molecule has 0 radical (unpaired) electrons. The van der Waals surface area contributed by atoms with E-state index in [9.17, 15) is 24.3 Å². The number of hydrogen-bond donors (Lipinski definition) is 5. The van der Waals surface area contributed by atoms with Gasteiger partial charge in [-0.3, -0.25) is 15.0 Å². The van der Waals surface area contributed by atoms with E-state index in [-0.39, 0.29) is 42.3 Å². The molecule has 18 heteroatoms. The minimum Gasteiger partial charge on any atom is -0.476 e. The fourth-order valence-electron chi connectivity index (χ4n) is 6.02. The predicted molar refractivity (Wildman–Crippen MR) is 244 cm³/mol. The molecule has 1 fully saturated rings. The van der Waals surface area contributed by atoms with Gasteiger partial charge in [-0.1, -0.05) is 94.4 Å². The van der Waals surface area contributed by atoms with Gasteiger partial charge in [0.25, 0.3) is 0 Å². The first-order chi connectivity index (χ1) is 28.9. The smallest absolute Gasteiger partial charge is 0.407 e. The number of aromatic carboxylic acids is 1. The first kappa shape index (κ1) is 59.6. The number of nitroso groups, excluding NO2 is 1. The summed E-state index contributed by atoms with van der Waals surface area (Å²) in [5, 5.41) is 18.9. The summed E-state index contributed by atoms with van der Waals surface area (Å²) >= 11 is 1.13. The summed E-state index contributed by atoms with van der Waals surface area (Å²) in [6.07, 6.45) is 9.94. The van der Waals surface area contributed by atoms with E-state index in [2.05, 4.69) is 60.5 Å². The number of aromatic nitrogens is 1. The Bertz CT molecular complexity index is 1300. The number of carboxylic acids is 1. The van der Waals surface area contributed by atoms with Crippen molar-refractivity contribution < 1.29 is 38.5 Å². The Morgan fingerprint density at radius 3 is 2.08 bits per heavy atom. The first-order valence-corrected chi connectivity index (χ1v) is 22.9. The lowest BCUT2D eigenvalue weighted by molar-refractivity contribution is -0.135. The molecular formula is C43H84N8O9S. The van der Waals surface area contributed by atoms with E-state index in [1.54, 1.807) is 0 Å². The molecule has 0 bridgehead atoms. The number of nitrogens with two attached hydrogens (primary N) is 1. The van der Waals surface area contributed by atoms with Crippen molar-refractivity contribution in [2.75, 3.05) is 73.4 Å². The van der Waals surface area contributed by atoms with Crippen LogP contribution in [0.3, 0.4) is 0 Å². The number of amides is 3. The predicted octanol–water partition coefficient (Wildman–Crippen LogP) is 7.37. The largest absolute Gasteiger partial charge is 0.476 e. The zero-order valence-corrected chi connectivity index (χ0v) is 40.3. The number of nitrogens with one attached hydrogen (secondary N) is 3. The highest BCUT2D eigenvalue weighted by Gasteiger charge is 2.33. The second kappa shape index (κ2) is 36.1. The summed E-state index contributed by atoms with van der Waals surface area (Å²) < 4.78 is 17.4. The molecule has 6 N–H and O–H groups in total. The molecule has 0 aliphatic carbocycles. The van der Waals surface area contributed by atoms with Crippen LogP contribution in [0.25, 0.3) is 0 Å². The molecule has 2 unspecified atom stereocenters. The molecule has 0 spiro atoms. The number of ether oxygens (including phenoxy) is 3. The number of nitrogens with zero attached hydrogens (tertiary/aromatic N) is 4. The van der Waals surface area contributed by atoms with Gasteiger partial charge in [-0.25, -0.2) is 14.6 Å². The first-order valence-electron chi connectivity index (χ1n) is 22.0. The van der Waals surface area contributed by atoms with Gasteiger partial charge in [-0.2, -0.15) is 0 Å². The molecular weight excluding hydrogens is 805 g/mol. The molecule has 2 atom stereocenters. The van der Waals surface area contributed by atoms with E-state index in [0.717, 1.165) is 56.4 Å².